The molecule has 2 unspecified atom stereocenters. The lowest BCUT2D eigenvalue weighted by Gasteiger charge is -2.34. The summed E-state index contributed by atoms with van der Waals surface area (Å²) in [6.45, 7) is 7.39. The van der Waals surface area contributed by atoms with Crippen LogP contribution >= 0.6 is 0 Å². The van der Waals surface area contributed by atoms with E-state index in [1.54, 1.807) is 0 Å². The van der Waals surface area contributed by atoms with Gasteiger partial charge in [-0.05, 0) is 38.1 Å². The Kier molecular flexibility index (Phi) is 6.79. The first kappa shape index (κ1) is 21.5. The molecule has 150 valence electrons. The molecule has 1 aromatic carbocycles. The van der Waals surface area contributed by atoms with Crippen molar-refractivity contribution < 1.29 is 26.4 Å². The Morgan fingerprint density at radius 1 is 1.19 bits per heavy atom. The van der Waals surface area contributed by atoms with Crippen molar-refractivity contribution in [3.05, 3.63) is 36.3 Å². The van der Waals surface area contributed by atoms with Crippen molar-refractivity contribution in [3.8, 4) is 0 Å². The second kappa shape index (κ2) is 8.51. The number of sulfone groups is 1. The molecule has 8 nitrogen and oxygen atoms in total. The van der Waals surface area contributed by atoms with E-state index in [2.05, 4.69) is 11.9 Å². The number of ether oxygens (including phenoxy) is 1. The van der Waals surface area contributed by atoms with E-state index in [1.165, 1.54) is 28.6 Å². The number of sulfonamides is 1. The molecule has 0 spiro atoms. The zero-order chi connectivity index (χ0) is 20.2. The lowest BCUT2D eigenvalue weighted by molar-refractivity contribution is -0.115. The number of anilines is 1. The molecule has 0 aromatic heterocycles. The predicted octanol–water partition coefficient (Wildman–Crippen LogP) is 1.37. The summed E-state index contributed by atoms with van der Waals surface area (Å²) >= 11 is 0. The summed E-state index contributed by atoms with van der Waals surface area (Å²) in [6.07, 6.45) is -0.583. The van der Waals surface area contributed by atoms with Crippen LogP contribution in [-0.4, -0.2) is 58.1 Å². The fourth-order valence-electron chi connectivity index (χ4n) is 2.73. The Morgan fingerprint density at radius 3 is 2.26 bits per heavy atom. The molecule has 0 bridgehead atoms. The van der Waals surface area contributed by atoms with Gasteiger partial charge < -0.3 is 10.1 Å². The second-order valence-electron chi connectivity index (χ2n) is 6.44. The Balaban J connectivity index is 2.04. The molecule has 10 heteroatoms. The van der Waals surface area contributed by atoms with E-state index in [0.29, 0.717) is 5.69 Å². The summed E-state index contributed by atoms with van der Waals surface area (Å²) in [5.41, 5.74) is 0.388. The van der Waals surface area contributed by atoms with Crippen LogP contribution in [0.5, 0.6) is 0 Å². The van der Waals surface area contributed by atoms with Crippen LogP contribution in [0.15, 0.2) is 41.1 Å². The average Bonchev–Trinajstić information content (AvgIpc) is 2.60. The quantitative estimate of drug-likeness (QED) is 0.719. The standard InChI is InChI=1S/C17H24N2O6S2/c1-4-26(21,22)10-9-17(20)18-15-5-7-16(8-6-15)27(23,24)19-11-13(2)25-14(3)12-19/h4-8,13-14H,1,9-12H2,2-3H3,(H,18,20). The Labute approximate surface area is 160 Å². The lowest BCUT2D eigenvalue weighted by atomic mass is 10.3. The van der Waals surface area contributed by atoms with Gasteiger partial charge in [0.15, 0.2) is 9.84 Å². The first-order chi connectivity index (χ1) is 12.5. The van der Waals surface area contributed by atoms with E-state index in [4.69, 9.17) is 4.74 Å². The molecule has 1 aliphatic rings. The largest absolute Gasteiger partial charge is 0.373 e. The van der Waals surface area contributed by atoms with Crippen molar-refractivity contribution in [2.24, 2.45) is 0 Å². The fraction of sp³-hybridized carbons (Fsp3) is 0.471. The molecule has 27 heavy (non-hydrogen) atoms. The van der Waals surface area contributed by atoms with E-state index < -0.39 is 25.8 Å². The molecular formula is C17H24N2O6S2. The molecule has 0 radical (unpaired) electrons. The summed E-state index contributed by atoms with van der Waals surface area (Å²) in [6, 6.07) is 5.77. The SMILES string of the molecule is C=CS(=O)(=O)CCC(=O)Nc1ccc(S(=O)(=O)N2CC(C)OC(C)C2)cc1. The van der Waals surface area contributed by atoms with Gasteiger partial charge in [-0.2, -0.15) is 4.31 Å². The first-order valence-electron chi connectivity index (χ1n) is 8.44. The van der Waals surface area contributed by atoms with Crippen LogP contribution in [0.2, 0.25) is 0 Å². The average molecular weight is 417 g/mol. The molecule has 1 aliphatic heterocycles. The molecule has 1 amide bonds. The van der Waals surface area contributed by atoms with Gasteiger partial charge in [0.1, 0.15) is 0 Å². The van der Waals surface area contributed by atoms with Gasteiger partial charge in [-0.1, -0.05) is 6.58 Å². The molecule has 1 heterocycles. The van der Waals surface area contributed by atoms with E-state index in [1.807, 2.05) is 13.8 Å². The predicted molar refractivity (Wildman–Crippen MR) is 102 cm³/mol. The molecular weight excluding hydrogens is 392 g/mol. The number of carbonyl (C=O) groups excluding carboxylic acids is 1. The molecule has 1 N–H and O–H groups in total. The number of rotatable bonds is 7. The third kappa shape index (κ3) is 5.86. The first-order valence-corrected chi connectivity index (χ1v) is 11.6. The van der Waals surface area contributed by atoms with Gasteiger partial charge in [0.05, 0.1) is 22.9 Å². The summed E-state index contributed by atoms with van der Waals surface area (Å²) in [4.78, 5) is 11.9. The van der Waals surface area contributed by atoms with Gasteiger partial charge >= 0.3 is 0 Å². The smallest absolute Gasteiger partial charge is 0.243 e. The zero-order valence-corrected chi connectivity index (χ0v) is 16.9. The molecule has 0 aliphatic carbocycles. The molecule has 2 rings (SSSR count). The molecule has 0 saturated carbocycles. The highest BCUT2D eigenvalue weighted by molar-refractivity contribution is 7.94. The van der Waals surface area contributed by atoms with Gasteiger partial charge in [-0.25, -0.2) is 16.8 Å². The topological polar surface area (TPSA) is 110 Å². The maximum Gasteiger partial charge on any atom is 0.243 e. The fourth-order valence-corrected chi connectivity index (χ4v) is 4.96. The van der Waals surface area contributed by atoms with Crippen molar-refractivity contribution in [3.63, 3.8) is 0 Å². The third-order valence-corrected chi connectivity index (χ3v) is 7.16. The Bertz CT molecular complexity index is 884. The van der Waals surface area contributed by atoms with Gasteiger partial charge in [0.2, 0.25) is 15.9 Å². The number of hydrogen-bond acceptors (Lipinski definition) is 6. The van der Waals surface area contributed by atoms with Crippen molar-refractivity contribution in [2.45, 2.75) is 37.4 Å². The van der Waals surface area contributed by atoms with Crippen LogP contribution in [0.4, 0.5) is 5.69 Å². The van der Waals surface area contributed by atoms with E-state index >= 15 is 0 Å². The summed E-state index contributed by atoms with van der Waals surface area (Å²) < 4.78 is 55.1. The van der Waals surface area contributed by atoms with Gasteiger partial charge in [0, 0.05) is 30.6 Å². The highest BCUT2D eigenvalue weighted by Gasteiger charge is 2.32. The molecule has 1 saturated heterocycles. The summed E-state index contributed by atoms with van der Waals surface area (Å²) in [7, 11) is -7.10. The minimum atomic E-state index is -3.66. The highest BCUT2D eigenvalue weighted by atomic mass is 32.2. The van der Waals surface area contributed by atoms with Crippen LogP contribution in [0.3, 0.4) is 0 Å². The van der Waals surface area contributed by atoms with E-state index in [9.17, 15) is 21.6 Å². The van der Waals surface area contributed by atoms with Crippen molar-refractivity contribution in [1.29, 1.82) is 0 Å². The van der Waals surface area contributed by atoms with Gasteiger partial charge in [-0.3, -0.25) is 4.79 Å². The number of morpholine rings is 1. The number of hydrogen-bond donors (Lipinski definition) is 1. The zero-order valence-electron chi connectivity index (χ0n) is 15.3. The lowest BCUT2D eigenvalue weighted by Crippen LogP contribution is -2.48. The van der Waals surface area contributed by atoms with Gasteiger partial charge in [-0.15, -0.1) is 0 Å². The normalized spacial score (nSPS) is 21.6. The van der Waals surface area contributed by atoms with E-state index in [0.717, 1.165) is 5.41 Å². The molecule has 1 aromatic rings. The number of nitrogens with zero attached hydrogens (tertiary/aromatic N) is 1. The van der Waals surface area contributed by atoms with Crippen LogP contribution in [0, 0.1) is 0 Å². The van der Waals surface area contributed by atoms with Crippen molar-refractivity contribution >= 4 is 31.5 Å². The van der Waals surface area contributed by atoms with Crippen molar-refractivity contribution in [1.82, 2.24) is 4.31 Å². The molecule has 2 atom stereocenters. The maximum atomic E-state index is 12.8. The second-order valence-corrected chi connectivity index (χ2v) is 10.4. The minimum absolute atomic E-state index is 0.121. The van der Waals surface area contributed by atoms with Crippen LogP contribution < -0.4 is 5.32 Å². The summed E-state index contributed by atoms with van der Waals surface area (Å²) in [5, 5.41) is 3.36. The highest BCUT2D eigenvalue weighted by Crippen LogP contribution is 2.22. The number of benzene rings is 1. The Hall–Kier alpha value is -1.75. The maximum absolute atomic E-state index is 12.8. The Morgan fingerprint density at radius 2 is 1.74 bits per heavy atom. The monoisotopic (exact) mass is 416 g/mol. The minimum Gasteiger partial charge on any atom is -0.373 e. The number of nitrogens with one attached hydrogen (secondary N) is 1. The summed E-state index contributed by atoms with van der Waals surface area (Å²) in [5.74, 6) is -0.811. The van der Waals surface area contributed by atoms with Crippen molar-refractivity contribution in [2.75, 3.05) is 24.2 Å². The third-order valence-electron chi connectivity index (χ3n) is 4.03. The molecule has 1 fully saturated rings. The number of amides is 1. The van der Waals surface area contributed by atoms with Gasteiger partial charge in [0.25, 0.3) is 0 Å². The van der Waals surface area contributed by atoms with Crippen LogP contribution in [-0.2, 0) is 29.4 Å². The van der Waals surface area contributed by atoms with Crippen LogP contribution in [0.25, 0.3) is 0 Å². The number of carbonyl (C=O) groups is 1. The van der Waals surface area contributed by atoms with E-state index in [-0.39, 0.29) is 42.4 Å². The van der Waals surface area contributed by atoms with Crippen LogP contribution in [0.1, 0.15) is 20.3 Å².